The molecule has 8 nitrogen and oxygen atoms in total. The minimum atomic E-state index is -1.05. The van der Waals surface area contributed by atoms with Crippen LogP contribution in [0.2, 0.25) is 0 Å². The zero-order chi connectivity index (χ0) is 43.8. The number of benzene rings is 8. The van der Waals surface area contributed by atoms with Gasteiger partial charge in [-0.25, -0.2) is 9.59 Å². The highest BCUT2D eigenvalue weighted by Gasteiger charge is 2.47. The van der Waals surface area contributed by atoms with Crippen LogP contribution in [0.5, 0.6) is 11.5 Å². The zero-order valence-electron chi connectivity index (χ0n) is 35.0. The lowest BCUT2D eigenvalue weighted by Gasteiger charge is -2.36. The van der Waals surface area contributed by atoms with Crippen molar-refractivity contribution < 1.29 is 38.7 Å². The molecule has 8 aromatic carbocycles. The third kappa shape index (κ3) is 7.27. The largest absolute Gasteiger partial charge is 0.490 e. The molecule has 8 heteroatoms. The highest BCUT2D eigenvalue weighted by Crippen LogP contribution is 2.58. The van der Waals surface area contributed by atoms with Crippen molar-refractivity contribution in [2.75, 3.05) is 13.2 Å². The molecule has 2 N–H and O–H groups in total. The van der Waals surface area contributed by atoms with Gasteiger partial charge in [-0.3, -0.25) is 0 Å². The number of fused-ring (bicyclic) bond motifs is 7. The van der Waals surface area contributed by atoms with Gasteiger partial charge in [-0.2, -0.15) is 0 Å². The Morgan fingerprint density at radius 2 is 0.857 bits per heavy atom. The van der Waals surface area contributed by atoms with Crippen LogP contribution in [-0.2, 0) is 24.5 Å². The number of aliphatic hydroxyl groups is 2. The third-order valence-corrected chi connectivity index (χ3v) is 12.3. The van der Waals surface area contributed by atoms with Crippen molar-refractivity contribution >= 4 is 55.0 Å². The molecule has 0 aliphatic heterocycles. The fraction of sp³-hybridized carbons (Fsp3) is 0.164. The first-order valence-corrected chi connectivity index (χ1v) is 21.0. The van der Waals surface area contributed by atoms with Crippen molar-refractivity contribution in [2.45, 2.75) is 43.7 Å². The third-order valence-electron chi connectivity index (χ3n) is 12.3. The van der Waals surface area contributed by atoms with Gasteiger partial charge in [0.15, 0.2) is 0 Å². The first kappa shape index (κ1) is 41.1. The summed E-state index contributed by atoms with van der Waals surface area (Å²) in [6, 6.07) is 51.0. The normalized spacial score (nSPS) is 14.6. The lowest BCUT2D eigenvalue weighted by Crippen LogP contribution is -2.33. The van der Waals surface area contributed by atoms with Crippen LogP contribution in [0.3, 0.4) is 0 Å². The van der Waals surface area contributed by atoms with Gasteiger partial charge in [0.05, 0.1) is 5.41 Å². The molecule has 1 aliphatic carbocycles. The number of carbonyl (C=O) groups is 2. The Kier molecular flexibility index (Phi) is 11.0. The summed E-state index contributed by atoms with van der Waals surface area (Å²) in [6.45, 7) is 9.98. The number of hydrogen-bond donors (Lipinski definition) is 2. The average Bonchev–Trinajstić information content (AvgIpc) is 3.61. The number of carbonyl (C=O) groups excluding carboxylic acids is 2. The molecule has 1 aliphatic rings. The summed E-state index contributed by atoms with van der Waals surface area (Å²) in [6.07, 6.45) is -1.52. The lowest BCUT2D eigenvalue weighted by molar-refractivity contribution is -0.149. The summed E-state index contributed by atoms with van der Waals surface area (Å²) in [5.74, 6) is 0.00345. The van der Waals surface area contributed by atoms with Crippen LogP contribution in [0.4, 0.5) is 0 Å². The van der Waals surface area contributed by atoms with Gasteiger partial charge in [0.2, 0.25) is 0 Å². The summed E-state index contributed by atoms with van der Waals surface area (Å²) < 4.78 is 22.9. The van der Waals surface area contributed by atoms with Gasteiger partial charge in [0, 0.05) is 22.9 Å². The first-order valence-electron chi connectivity index (χ1n) is 21.0. The predicted octanol–water partition coefficient (Wildman–Crippen LogP) is 10.4. The smallest absolute Gasteiger partial charge is 0.330 e. The molecule has 0 aromatic heterocycles. The van der Waals surface area contributed by atoms with E-state index >= 15 is 0 Å². The molecular weight excluding hydrogens is 789 g/mol. The monoisotopic (exact) mass is 834 g/mol. The van der Waals surface area contributed by atoms with E-state index in [2.05, 4.69) is 134 Å². The van der Waals surface area contributed by atoms with Gasteiger partial charge in [-0.05, 0) is 116 Å². The second-order valence-electron chi connectivity index (χ2n) is 16.0. The van der Waals surface area contributed by atoms with Gasteiger partial charge in [0.25, 0.3) is 0 Å². The van der Waals surface area contributed by atoms with Crippen LogP contribution in [0.1, 0.15) is 36.1 Å². The van der Waals surface area contributed by atoms with Gasteiger partial charge >= 0.3 is 11.9 Å². The summed E-state index contributed by atoms with van der Waals surface area (Å²) in [5.41, 5.74) is 6.22. The second kappa shape index (κ2) is 16.9. The molecule has 8 aromatic rings. The van der Waals surface area contributed by atoms with E-state index in [1.165, 1.54) is 22.3 Å². The summed E-state index contributed by atoms with van der Waals surface area (Å²) in [4.78, 5) is 23.5. The van der Waals surface area contributed by atoms with Crippen LogP contribution in [0.15, 0.2) is 171 Å². The number of rotatable bonds is 14. The Balaban J connectivity index is 1.20. The van der Waals surface area contributed by atoms with Gasteiger partial charge < -0.3 is 29.2 Å². The van der Waals surface area contributed by atoms with E-state index in [0.29, 0.717) is 11.5 Å². The Hall–Kier alpha value is -7.26. The van der Waals surface area contributed by atoms with Crippen molar-refractivity contribution in [3.05, 3.63) is 193 Å². The fourth-order valence-corrected chi connectivity index (χ4v) is 9.15. The van der Waals surface area contributed by atoms with Crippen LogP contribution in [-0.4, -0.2) is 59.8 Å². The molecule has 63 heavy (non-hydrogen) atoms. The second-order valence-corrected chi connectivity index (χ2v) is 16.0. The standard InChI is InChI=1S/C55H46O8/c1-5-53(58)62-33(3)49(56)31-60-51-25-13-17-37-27-41-35(29-43(37)51)15-11-23-47(41)55(45-21-9-7-19-39(45)40-20-8-10-22-46(40)55)48-24-12-16-36-30-44-38(28-42(36)48)18-14-26-52(44)61-32-50(57)34(4)63-54(59)6-2/h5-30,33-34,49-50,56-57H,1-2,31-32H2,3-4H3. The quantitative estimate of drug-likeness (QED) is 0.0633. The van der Waals surface area contributed by atoms with E-state index in [4.69, 9.17) is 18.9 Å². The molecule has 0 radical (unpaired) electrons. The van der Waals surface area contributed by atoms with Gasteiger partial charge in [-0.1, -0.05) is 122 Å². The molecule has 0 amide bonds. The molecule has 0 saturated heterocycles. The van der Waals surface area contributed by atoms with Crippen LogP contribution in [0.25, 0.3) is 54.2 Å². The molecule has 0 bridgehead atoms. The minimum absolute atomic E-state index is 0.0722. The molecule has 314 valence electrons. The molecule has 4 atom stereocenters. The molecule has 0 heterocycles. The van der Waals surface area contributed by atoms with Gasteiger partial charge in [-0.15, -0.1) is 0 Å². The van der Waals surface area contributed by atoms with E-state index in [0.717, 1.165) is 66.4 Å². The van der Waals surface area contributed by atoms with E-state index in [-0.39, 0.29) is 13.2 Å². The Labute approximate surface area is 365 Å². The van der Waals surface area contributed by atoms with Crippen LogP contribution < -0.4 is 9.47 Å². The van der Waals surface area contributed by atoms with E-state index < -0.39 is 41.8 Å². The molecule has 0 spiro atoms. The topological polar surface area (TPSA) is 112 Å². The van der Waals surface area contributed by atoms with E-state index in [9.17, 15) is 19.8 Å². The Morgan fingerprint density at radius 1 is 0.508 bits per heavy atom. The molecule has 0 saturated carbocycles. The number of esters is 2. The highest BCUT2D eigenvalue weighted by atomic mass is 16.6. The summed E-state index contributed by atoms with van der Waals surface area (Å²) >= 11 is 0. The fourth-order valence-electron chi connectivity index (χ4n) is 9.15. The summed E-state index contributed by atoms with van der Waals surface area (Å²) in [7, 11) is 0. The predicted molar refractivity (Wildman–Crippen MR) is 248 cm³/mol. The molecule has 9 rings (SSSR count). The molecule has 0 fully saturated rings. The maximum Gasteiger partial charge on any atom is 0.330 e. The highest BCUT2D eigenvalue weighted by molar-refractivity contribution is 6.07. The Bertz CT molecular complexity index is 2890. The average molecular weight is 835 g/mol. The van der Waals surface area contributed by atoms with Crippen molar-refractivity contribution in [1.29, 1.82) is 0 Å². The Morgan fingerprint density at radius 3 is 1.27 bits per heavy atom. The summed E-state index contributed by atoms with van der Waals surface area (Å²) in [5, 5.41) is 29.5. The van der Waals surface area contributed by atoms with Crippen LogP contribution in [0, 0.1) is 0 Å². The van der Waals surface area contributed by atoms with Crippen molar-refractivity contribution in [1.82, 2.24) is 0 Å². The van der Waals surface area contributed by atoms with Gasteiger partial charge in [0.1, 0.15) is 49.1 Å². The molecule has 4 unspecified atom stereocenters. The molecular formula is C55H46O8. The van der Waals surface area contributed by atoms with Crippen molar-refractivity contribution in [3.63, 3.8) is 0 Å². The number of hydrogen-bond acceptors (Lipinski definition) is 8. The SMILES string of the molecule is C=CC(=O)OC(C)C(O)COc1cccc2cc3c(C4(c5cccc6cc7c(OCC(O)C(C)OC(=O)C=C)cccc7cc56)c5ccccc5-c5ccccc54)cccc3cc12. The first-order chi connectivity index (χ1) is 30.6. The maximum absolute atomic E-state index is 11.8. The zero-order valence-corrected chi connectivity index (χ0v) is 35.0. The number of ether oxygens (including phenoxy) is 4. The lowest BCUT2D eigenvalue weighted by atomic mass is 9.65. The maximum atomic E-state index is 11.8. The van der Waals surface area contributed by atoms with Crippen molar-refractivity contribution in [2.24, 2.45) is 0 Å². The van der Waals surface area contributed by atoms with Crippen molar-refractivity contribution in [3.8, 4) is 22.6 Å². The number of aliphatic hydroxyl groups excluding tert-OH is 2. The van der Waals surface area contributed by atoms with E-state index in [1.807, 2.05) is 24.3 Å². The minimum Gasteiger partial charge on any atom is -0.490 e. The van der Waals surface area contributed by atoms with E-state index in [1.54, 1.807) is 13.8 Å². The van der Waals surface area contributed by atoms with Crippen LogP contribution >= 0.6 is 0 Å².